The number of para-hydroxylation sites is 1. The van der Waals surface area contributed by atoms with Crippen LogP contribution in [0.3, 0.4) is 0 Å². The molecule has 2 aromatic carbocycles. The molecule has 6 heteroatoms. The van der Waals surface area contributed by atoms with Gasteiger partial charge in [0.1, 0.15) is 16.9 Å². The van der Waals surface area contributed by atoms with E-state index in [0.717, 1.165) is 5.56 Å². The molecule has 0 aliphatic heterocycles. The minimum atomic E-state index is -0.777. The summed E-state index contributed by atoms with van der Waals surface area (Å²) in [5, 5.41) is 19.4. The van der Waals surface area contributed by atoms with Crippen LogP contribution in [-0.2, 0) is 11.2 Å². The van der Waals surface area contributed by atoms with E-state index >= 15 is 0 Å². The largest absolute Gasteiger partial charge is 0.506 e. The molecule has 2 N–H and O–H groups in total. The van der Waals surface area contributed by atoms with Crippen molar-refractivity contribution < 1.29 is 19.1 Å². The normalized spacial score (nSPS) is 10.7. The summed E-state index contributed by atoms with van der Waals surface area (Å²) in [4.78, 5) is 24.2. The van der Waals surface area contributed by atoms with E-state index in [1.807, 2.05) is 13.0 Å². The van der Waals surface area contributed by atoms with Crippen molar-refractivity contribution >= 4 is 22.7 Å². The third kappa shape index (κ3) is 3.33. The second-order valence-corrected chi connectivity index (χ2v) is 5.93. The van der Waals surface area contributed by atoms with Crippen LogP contribution in [0.2, 0.25) is 0 Å². The number of nitrogens with one attached hydrogen (secondary N) is 1. The van der Waals surface area contributed by atoms with Gasteiger partial charge in [0.05, 0.1) is 23.3 Å². The van der Waals surface area contributed by atoms with Crippen molar-refractivity contribution in [2.75, 3.05) is 6.61 Å². The molecular weight excluding hydrogens is 346 g/mol. The van der Waals surface area contributed by atoms with Gasteiger partial charge in [-0.15, -0.1) is 0 Å². The molecule has 138 valence electrons. The van der Waals surface area contributed by atoms with Crippen LogP contribution < -0.4 is 5.63 Å². The zero-order chi connectivity index (χ0) is 19.6. The lowest BCUT2D eigenvalue weighted by atomic mass is 9.99. The zero-order valence-corrected chi connectivity index (χ0v) is 15.0. The Morgan fingerprint density at radius 3 is 2.41 bits per heavy atom. The molecule has 0 saturated heterocycles. The van der Waals surface area contributed by atoms with Crippen LogP contribution in [-0.4, -0.2) is 23.4 Å². The number of rotatable bonds is 5. The van der Waals surface area contributed by atoms with Crippen LogP contribution in [0.25, 0.3) is 11.0 Å². The van der Waals surface area contributed by atoms with Crippen LogP contribution in [0.1, 0.15) is 40.9 Å². The maximum Gasteiger partial charge on any atom is 0.349 e. The quantitative estimate of drug-likeness (QED) is 0.408. The molecule has 27 heavy (non-hydrogen) atoms. The van der Waals surface area contributed by atoms with Gasteiger partial charge in [0.15, 0.2) is 0 Å². The predicted octanol–water partition coefficient (Wildman–Crippen LogP) is 3.65. The van der Waals surface area contributed by atoms with Crippen LogP contribution in [0.5, 0.6) is 5.75 Å². The Bertz CT molecular complexity index is 1080. The lowest BCUT2D eigenvalue weighted by molar-refractivity contribution is 0.0526. The summed E-state index contributed by atoms with van der Waals surface area (Å²) < 4.78 is 10.3. The Morgan fingerprint density at radius 1 is 1.11 bits per heavy atom. The highest BCUT2D eigenvalue weighted by Gasteiger charge is 2.20. The Balaban J connectivity index is 2.06. The van der Waals surface area contributed by atoms with E-state index in [0.29, 0.717) is 28.5 Å². The number of ether oxygens (including phenoxy) is 1. The number of carbonyl (C=O) groups excluding carboxylic acids is 1. The van der Waals surface area contributed by atoms with Crippen LogP contribution in [0.15, 0.2) is 51.7 Å². The number of aryl methyl sites for hydroxylation is 1. The first-order valence-electron chi connectivity index (χ1n) is 8.62. The molecule has 0 fully saturated rings. The van der Waals surface area contributed by atoms with E-state index < -0.39 is 11.6 Å². The maximum atomic E-state index is 12.5. The highest BCUT2D eigenvalue weighted by atomic mass is 16.5. The van der Waals surface area contributed by atoms with E-state index in [-0.39, 0.29) is 23.6 Å². The third-order valence-electron chi connectivity index (χ3n) is 4.30. The van der Waals surface area contributed by atoms with Crippen molar-refractivity contribution in [2.24, 2.45) is 0 Å². The second-order valence-electron chi connectivity index (χ2n) is 5.93. The first-order chi connectivity index (χ1) is 13.0. The molecule has 3 rings (SSSR count). The van der Waals surface area contributed by atoms with Crippen molar-refractivity contribution in [3.8, 4) is 5.75 Å². The molecule has 1 heterocycles. The molecule has 6 nitrogen and oxygen atoms in total. The van der Waals surface area contributed by atoms with E-state index in [1.54, 1.807) is 19.1 Å². The van der Waals surface area contributed by atoms with Crippen molar-refractivity contribution in [3.63, 3.8) is 0 Å². The fourth-order valence-corrected chi connectivity index (χ4v) is 2.90. The van der Waals surface area contributed by atoms with Crippen LogP contribution >= 0.6 is 0 Å². The number of fused-ring (bicyclic) bond motifs is 1. The fourth-order valence-electron chi connectivity index (χ4n) is 2.90. The Kier molecular flexibility index (Phi) is 5.07. The Morgan fingerprint density at radius 2 is 1.78 bits per heavy atom. The van der Waals surface area contributed by atoms with E-state index in [1.165, 1.54) is 24.3 Å². The SMILES string of the molecule is CCOC(=O)c1ccc(C(=N)c2c(O)c3cccc(CC)c3oc2=O)cc1. The van der Waals surface area contributed by atoms with Crippen molar-refractivity contribution in [1.82, 2.24) is 0 Å². The third-order valence-corrected chi connectivity index (χ3v) is 4.30. The summed E-state index contributed by atoms with van der Waals surface area (Å²) >= 11 is 0. The van der Waals surface area contributed by atoms with Crippen molar-refractivity contribution in [2.45, 2.75) is 20.3 Å². The van der Waals surface area contributed by atoms with Gasteiger partial charge in [0.25, 0.3) is 0 Å². The average Bonchev–Trinajstić information content (AvgIpc) is 2.67. The molecule has 0 spiro atoms. The summed E-state index contributed by atoms with van der Waals surface area (Å²) in [7, 11) is 0. The molecule has 0 aliphatic rings. The van der Waals surface area contributed by atoms with Gasteiger partial charge in [0, 0.05) is 5.56 Å². The standard InChI is InChI=1S/C21H19NO5/c1-3-12-6-5-7-15-18(23)16(21(25)27-19(12)15)17(22)13-8-10-14(11-9-13)20(24)26-4-2/h5-11,22-23H,3-4H2,1-2H3. The van der Waals surface area contributed by atoms with Crippen LogP contribution in [0, 0.1) is 5.41 Å². The van der Waals surface area contributed by atoms with E-state index in [4.69, 9.17) is 14.6 Å². The smallest absolute Gasteiger partial charge is 0.349 e. The fraction of sp³-hybridized carbons (Fsp3) is 0.190. The Hall–Kier alpha value is -3.41. The maximum absolute atomic E-state index is 12.5. The summed E-state index contributed by atoms with van der Waals surface area (Å²) in [6.45, 7) is 3.91. The van der Waals surface area contributed by atoms with Gasteiger partial charge in [-0.25, -0.2) is 9.59 Å². The van der Waals surface area contributed by atoms with Gasteiger partial charge in [-0.05, 0) is 37.1 Å². The molecule has 3 aromatic rings. The first kappa shape index (κ1) is 18.4. The van der Waals surface area contributed by atoms with Gasteiger partial charge >= 0.3 is 11.6 Å². The lowest BCUT2D eigenvalue weighted by Crippen LogP contribution is -2.16. The molecule has 0 bridgehead atoms. The minimum Gasteiger partial charge on any atom is -0.506 e. The number of hydrogen-bond acceptors (Lipinski definition) is 6. The van der Waals surface area contributed by atoms with Gasteiger partial charge in [-0.3, -0.25) is 5.41 Å². The molecule has 0 saturated carbocycles. The van der Waals surface area contributed by atoms with E-state index in [9.17, 15) is 14.7 Å². The highest BCUT2D eigenvalue weighted by Crippen LogP contribution is 2.30. The van der Waals surface area contributed by atoms with E-state index in [2.05, 4.69) is 0 Å². The lowest BCUT2D eigenvalue weighted by Gasteiger charge is -2.10. The average molecular weight is 365 g/mol. The molecule has 1 aromatic heterocycles. The number of esters is 1. The second kappa shape index (κ2) is 7.45. The number of hydrogen-bond donors (Lipinski definition) is 2. The summed E-state index contributed by atoms with van der Waals surface area (Å²) in [6.07, 6.45) is 0.645. The summed E-state index contributed by atoms with van der Waals surface area (Å²) in [6, 6.07) is 11.3. The van der Waals surface area contributed by atoms with Gasteiger partial charge in [0.2, 0.25) is 0 Å². The number of carbonyl (C=O) groups is 1. The van der Waals surface area contributed by atoms with Gasteiger partial charge < -0.3 is 14.3 Å². The van der Waals surface area contributed by atoms with Crippen LogP contribution in [0.4, 0.5) is 0 Å². The molecule has 0 aliphatic carbocycles. The molecular formula is C21H19NO5. The Labute approximate surface area is 155 Å². The molecule has 0 radical (unpaired) electrons. The monoisotopic (exact) mass is 365 g/mol. The molecule has 0 amide bonds. The topological polar surface area (TPSA) is 101 Å². The zero-order valence-electron chi connectivity index (χ0n) is 15.0. The number of aromatic hydroxyl groups is 1. The highest BCUT2D eigenvalue weighted by molar-refractivity contribution is 6.14. The minimum absolute atomic E-state index is 0.180. The first-order valence-corrected chi connectivity index (χ1v) is 8.62. The molecule has 0 unspecified atom stereocenters. The predicted molar refractivity (Wildman–Crippen MR) is 102 cm³/mol. The van der Waals surface area contributed by atoms with Gasteiger partial charge in [-0.2, -0.15) is 0 Å². The summed E-state index contributed by atoms with van der Waals surface area (Å²) in [5.41, 5.74) is 0.682. The van der Waals surface area contributed by atoms with Gasteiger partial charge in [-0.1, -0.05) is 31.2 Å². The molecule has 0 atom stereocenters. The van der Waals surface area contributed by atoms with Crippen molar-refractivity contribution in [3.05, 3.63) is 75.1 Å². The summed E-state index contributed by atoms with van der Waals surface area (Å²) in [5.74, 6) is -0.744. The number of benzene rings is 2. The van der Waals surface area contributed by atoms with Crippen molar-refractivity contribution in [1.29, 1.82) is 5.41 Å².